The molecule has 1 saturated heterocycles. The number of amides is 1. The van der Waals surface area contributed by atoms with Crippen LogP contribution in [0.1, 0.15) is 58.8 Å². The molecule has 0 bridgehead atoms. The molecule has 2 rings (SSSR count). The maximum Gasteiger partial charge on any atom is 0.410 e. The Hall–Kier alpha value is -1.27. The van der Waals surface area contributed by atoms with Gasteiger partial charge in [-0.25, -0.2) is 4.79 Å². The van der Waals surface area contributed by atoms with E-state index in [1.807, 2.05) is 39.3 Å². The van der Waals surface area contributed by atoms with Crippen LogP contribution >= 0.6 is 11.6 Å². The van der Waals surface area contributed by atoms with Crippen molar-refractivity contribution in [3.63, 3.8) is 0 Å². The third kappa shape index (κ3) is 4.18. The summed E-state index contributed by atoms with van der Waals surface area (Å²) in [6.07, 6.45) is 2.19. The summed E-state index contributed by atoms with van der Waals surface area (Å²) in [5, 5.41) is 4.89. The first-order chi connectivity index (χ1) is 10.6. The summed E-state index contributed by atoms with van der Waals surface area (Å²) in [6.45, 7) is 10.9. The quantitative estimate of drug-likeness (QED) is 0.913. The molecule has 1 aliphatic rings. The summed E-state index contributed by atoms with van der Waals surface area (Å²) < 4.78 is 7.29. The van der Waals surface area contributed by atoms with Gasteiger partial charge in [0.25, 0.3) is 0 Å². The largest absolute Gasteiger partial charge is 0.444 e. The molecule has 23 heavy (non-hydrogen) atoms. The number of nitrogens with two attached hydrogens (primary N) is 1. The van der Waals surface area contributed by atoms with Gasteiger partial charge in [-0.3, -0.25) is 4.68 Å². The Labute approximate surface area is 142 Å². The molecule has 130 valence electrons. The summed E-state index contributed by atoms with van der Waals surface area (Å²) in [7, 11) is 0. The summed E-state index contributed by atoms with van der Waals surface area (Å²) >= 11 is 6.28. The molecule has 0 aromatic carbocycles. The average molecular weight is 343 g/mol. The SMILES string of the molecule is CC(C)n1ncc(Cl)c1C(N)C1CCN(C(=O)OC(C)(C)C)C1. The van der Waals surface area contributed by atoms with E-state index in [0.29, 0.717) is 18.1 Å². The number of carbonyl (C=O) groups excluding carboxylic acids is 1. The highest BCUT2D eigenvalue weighted by Crippen LogP contribution is 2.33. The number of rotatable bonds is 3. The Morgan fingerprint density at radius 2 is 2.13 bits per heavy atom. The smallest absolute Gasteiger partial charge is 0.410 e. The van der Waals surface area contributed by atoms with E-state index in [2.05, 4.69) is 5.10 Å². The number of aromatic nitrogens is 2. The van der Waals surface area contributed by atoms with Crippen LogP contribution in [-0.2, 0) is 4.74 Å². The molecule has 1 amide bonds. The Morgan fingerprint density at radius 1 is 1.48 bits per heavy atom. The molecule has 0 spiro atoms. The molecule has 0 aliphatic carbocycles. The maximum atomic E-state index is 12.2. The molecule has 0 radical (unpaired) electrons. The normalized spacial score (nSPS) is 20.2. The Kier molecular flexibility index (Phi) is 5.26. The van der Waals surface area contributed by atoms with Gasteiger partial charge in [-0.15, -0.1) is 0 Å². The Morgan fingerprint density at radius 3 is 2.70 bits per heavy atom. The molecule has 2 heterocycles. The van der Waals surface area contributed by atoms with E-state index in [1.165, 1.54) is 0 Å². The summed E-state index contributed by atoms with van der Waals surface area (Å²) in [5.41, 5.74) is 6.81. The third-order valence-corrected chi connectivity index (χ3v) is 4.27. The zero-order valence-corrected chi connectivity index (χ0v) is 15.3. The fourth-order valence-electron chi connectivity index (χ4n) is 2.87. The van der Waals surface area contributed by atoms with Gasteiger partial charge >= 0.3 is 6.09 Å². The van der Waals surface area contributed by atoms with E-state index in [9.17, 15) is 4.79 Å². The van der Waals surface area contributed by atoms with E-state index in [0.717, 1.165) is 12.1 Å². The van der Waals surface area contributed by atoms with Crippen molar-refractivity contribution in [1.29, 1.82) is 0 Å². The first-order valence-electron chi connectivity index (χ1n) is 8.06. The molecule has 1 aromatic heterocycles. The first-order valence-corrected chi connectivity index (χ1v) is 8.44. The number of halogens is 1. The molecule has 6 nitrogen and oxygen atoms in total. The molecule has 2 atom stereocenters. The van der Waals surface area contributed by atoms with Crippen molar-refractivity contribution in [2.75, 3.05) is 13.1 Å². The van der Waals surface area contributed by atoms with Gasteiger partial charge in [-0.2, -0.15) is 5.10 Å². The minimum absolute atomic E-state index is 0.147. The van der Waals surface area contributed by atoms with Crippen molar-refractivity contribution in [2.24, 2.45) is 11.7 Å². The lowest BCUT2D eigenvalue weighted by atomic mass is 9.96. The Bertz CT molecular complexity index is 565. The summed E-state index contributed by atoms with van der Waals surface area (Å²) in [4.78, 5) is 13.9. The van der Waals surface area contributed by atoms with Gasteiger partial charge in [0.05, 0.1) is 23.0 Å². The minimum Gasteiger partial charge on any atom is -0.444 e. The number of ether oxygens (including phenoxy) is 1. The third-order valence-electron chi connectivity index (χ3n) is 3.98. The second kappa shape index (κ2) is 6.69. The zero-order chi connectivity index (χ0) is 17.4. The maximum absolute atomic E-state index is 12.2. The van der Waals surface area contributed by atoms with Gasteiger partial charge in [0.1, 0.15) is 5.60 Å². The van der Waals surface area contributed by atoms with Crippen molar-refractivity contribution < 1.29 is 9.53 Å². The van der Waals surface area contributed by atoms with Gasteiger partial charge in [0.15, 0.2) is 0 Å². The summed E-state index contributed by atoms with van der Waals surface area (Å²) in [5.74, 6) is 0.147. The molecule has 1 fully saturated rings. The predicted molar refractivity (Wildman–Crippen MR) is 90.5 cm³/mol. The van der Waals surface area contributed by atoms with Crippen LogP contribution < -0.4 is 5.73 Å². The zero-order valence-electron chi connectivity index (χ0n) is 14.5. The highest BCUT2D eigenvalue weighted by atomic mass is 35.5. The van der Waals surface area contributed by atoms with Crippen molar-refractivity contribution in [3.8, 4) is 0 Å². The molecular weight excluding hydrogens is 316 g/mol. The second-order valence-corrected chi connectivity index (χ2v) is 7.82. The number of hydrogen-bond donors (Lipinski definition) is 1. The summed E-state index contributed by atoms with van der Waals surface area (Å²) in [6, 6.07) is -0.0632. The lowest BCUT2D eigenvalue weighted by Gasteiger charge is -2.25. The number of nitrogens with zero attached hydrogens (tertiary/aromatic N) is 3. The van der Waals surface area contributed by atoms with Gasteiger partial charge in [-0.1, -0.05) is 11.6 Å². The topological polar surface area (TPSA) is 73.4 Å². The molecule has 1 aromatic rings. The van der Waals surface area contributed by atoms with Crippen LogP contribution in [0.2, 0.25) is 5.02 Å². The molecule has 2 N–H and O–H groups in total. The van der Waals surface area contributed by atoms with Crippen LogP contribution in [0.25, 0.3) is 0 Å². The average Bonchev–Trinajstić information content (AvgIpc) is 3.02. The standard InChI is InChI=1S/C16H27ClN4O2/c1-10(2)21-14(12(17)8-19-21)13(18)11-6-7-20(9-11)15(22)23-16(3,4)5/h8,10-11,13H,6-7,9,18H2,1-5H3. The Balaban J connectivity index is 2.07. The fraction of sp³-hybridized carbons (Fsp3) is 0.750. The van der Waals surface area contributed by atoms with Crippen LogP contribution in [0.15, 0.2) is 6.20 Å². The number of hydrogen-bond acceptors (Lipinski definition) is 4. The van der Waals surface area contributed by atoms with Crippen LogP contribution in [0.4, 0.5) is 4.79 Å². The van der Waals surface area contributed by atoms with E-state index < -0.39 is 5.60 Å². The van der Waals surface area contributed by atoms with Crippen LogP contribution in [0, 0.1) is 5.92 Å². The van der Waals surface area contributed by atoms with Gasteiger partial charge in [0.2, 0.25) is 0 Å². The highest BCUT2D eigenvalue weighted by Gasteiger charge is 2.35. The highest BCUT2D eigenvalue weighted by molar-refractivity contribution is 6.31. The molecule has 0 saturated carbocycles. The van der Waals surface area contributed by atoms with Crippen molar-refractivity contribution in [2.45, 2.75) is 58.7 Å². The lowest BCUT2D eigenvalue weighted by molar-refractivity contribution is 0.0286. The van der Waals surface area contributed by atoms with Crippen molar-refractivity contribution in [3.05, 3.63) is 16.9 Å². The molecular formula is C16H27ClN4O2. The van der Waals surface area contributed by atoms with E-state index in [-0.39, 0.29) is 24.1 Å². The minimum atomic E-state index is -0.489. The van der Waals surface area contributed by atoms with Crippen LogP contribution in [0.3, 0.4) is 0 Å². The second-order valence-electron chi connectivity index (χ2n) is 7.42. The van der Waals surface area contributed by atoms with Gasteiger partial charge < -0.3 is 15.4 Å². The van der Waals surface area contributed by atoms with Crippen LogP contribution in [-0.4, -0.2) is 39.5 Å². The van der Waals surface area contributed by atoms with E-state index in [4.69, 9.17) is 22.1 Å². The number of carbonyl (C=O) groups is 1. The first kappa shape index (κ1) is 18.1. The van der Waals surface area contributed by atoms with Gasteiger partial charge in [0, 0.05) is 19.1 Å². The monoisotopic (exact) mass is 342 g/mol. The van der Waals surface area contributed by atoms with Crippen LogP contribution in [0.5, 0.6) is 0 Å². The predicted octanol–water partition coefficient (Wildman–Crippen LogP) is 3.37. The molecule has 7 heteroatoms. The van der Waals surface area contributed by atoms with Crippen molar-refractivity contribution in [1.82, 2.24) is 14.7 Å². The van der Waals surface area contributed by atoms with Gasteiger partial charge in [-0.05, 0) is 47.0 Å². The van der Waals surface area contributed by atoms with E-state index in [1.54, 1.807) is 11.1 Å². The fourth-order valence-corrected chi connectivity index (χ4v) is 3.13. The van der Waals surface area contributed by atoms with E-state index >= 15 is 0 Å². The lowest BCUT2D eigenvalue weighted by Crippen LogP contribution is -2.36. The van der Waals surface area contributed by atoms with Crippen molar-refractivity contribution >= 4 is 17.7 Å². The molecule has 1 aliphatic heterocycles. The molecule has 2 unspecified atom stereocenters. The number of likely N-dealkylation sites (tertiary alicyclic amines) is 1.